The van der Waals surface area contributed by atoms with Crippen LogP contribution in [0.3, 0.4) is 0 Å². The first-order valence-electron chi connectivity index (χ1n) is 5.81. The standard InChI is InChI=1S/C14H17N3/c1-10(2)11-4-6-12(7-5-11)13-8-17-14(15-3)9-16-13/h4-10H,1-3H3,(H,15,17). The van der Waals surface area contributed by atoms with E-state index in [2.05, 4.69) is 53.4 Å². The summed E-state index contributed by atoms with van der Waals surface area (Å²) in [4.78, 5) is 8.63. The van der Waals surface area contributed by atoms with Crippen molar-refractivity contribution in [1.82, 2.24) is 9.97 Å². The third kappa shape index (κ3) is 2.61. The molecule has 0 saturated heterocycles. The molecule has 2 rings (SSSR count). The quantitative estimate of drug-likeness (QED) is 0.874. The minimum absolute atomic E-state index is 0.557. The van der Waals surface area contributed by atoms with Crippen molar-refractivity contribution in [2.75, 3.05) is 12.4 Å². The minimum Gasteiger partial charge on any atom is -0.372 e. The van der Waals surface area contributed by atoms with Gasteiger partial charge in [-0.3, -0.25) is 4.98 Å². The fraction of sp³-hybridized carbons (Fsp3) is 0.286. The molecule has 0 aliphatic rings. The Balaban J connectivity index is 2.26. The number of hydrogen-bond donors (Lipinski definition) is 1. The topological polar surface area (TPSA) is 37.8 Å². The number of anilines is 1. The van der Waals surface area contributed by atoms with E-state index in [0.717, 1.165) is 17.1 Å². The molecule has 0 spiro atoms. The van der Waals surface area contributed by atoms with Crippen molar-refractivity contribution >= 4 is 5.82 Å². The van der Waals surface area contributed by atoms with E-state index in [0.29, 0.717) is 5.92 Å². The van der Waals surface area contributed by atoms with Crippen LogP contribution in [0.1, 0.15) is 25.3 Å². The van der Waals surface area contributed by atoms with Crippen molar-refractivity contribution in [3.8, 4) is 11.3 Å². The first-order chi connectivity index (χ1) is 8.20. The van der Waals surface area contributed by atoms with Gasteiger partial charge < -0.3 is 5.32 Å². The Morgan fingerprint density at radius 2 is 1.71 bits per heavy atom. The van der Waals surface area contributed by atoms with Gasteiger partial charge in [-0.1, -0.05) is 38.1 Å². The molecule has 0 bridgehead atoms. The molecule has 0 atom stereocenters. The lowest BCUT2D eigenvalue weighted by molar-refractivity contribution is 0.867. The molecule has 17 heavy (non-hydrogen) atoms. The lowest BCUT2D eigenvalue weighted by atomic mass is 10.0. The van der Waals surface area contributed by atoms with Crippen molar-refractivity contribution in [2.24, 2.45) is 0 Å². The fourth-order valence-corrected chi connectivity index (χ4v) is 1.64. The molecule has 1 aromatic heterocycles. The maximum Gasteiger partial charge on any atom is 0.144 e. The third-order valence-electron chi connectivity index (χ3n) is 2.78. The van der Waals surface area contributed by atoms with Gasteiger partial charge in [-0.05, 0) is 11.5 Å². The molecule has 0 fully saturated rings. The van der Waals surface area contributed by atoms with Gasteiger partial charge in [0.2, 0.25) is 0 Å². The molecule has 1 N–H and O–H groups in total. The molecule has 0 aliphatic heterocycles. The van der Waals surface area contributed by atoms with Crippen molar-refractivity contribution < 1.29 is 0 Å². The maximum absolute atomic E-state index is 4.37. The van der Waals surface area contributed by atoms with Gasteiger partial charge in [0.15, 0.2) is 0 Å². The molecular formula is C14H17N3. The van der Waals surface area contributed by atoms with Crippen LogP contribution in [0.2, 0.25) is 0 Å². The Labute approximate surface area is 102 Å². The van der Waals surface area contributed by atoms with E-state index in [4.69, 9.17) is 0 Å². The normalized spacial score (nSPS) is 10.6. The summed E-state index contributed by atoms with van der Waals surface area (Å²) in [5, 5.41) is 2.96. The molecule has 88 valence electrons. The molecule has 0 unspecified atom stereocenters. The number of hydrogen-bond acceptors (Lipinski definition) is 3. The maximum atomic E-state index is 4.37. The largest absolute Gasteiger partial charge is 0.372 e. The molecule has 0 amide bonds. The van der Waals surface area contributed by atoms with Crippen LogP contribution in [-0.4, -0.2) is 17.0 Å². The van der Waals surface area contributed by atoms with Crippen LogP contribution in [0.5, 0.6) is 0 Å². The van der Waals surface area contributed by atoms with Gasteiger partial charge in [0.05, 0.1) is 18.1 Å². The summed E-state index contributed by atoms with van der Waals surface area (Å²) >= 11 is 0. The highest BCUT2D eigenvalue weighted by Crippen LogP contribution is 2.20. The zero-order chi connectivity index (χ0) is 12.3. The van der Waals surface area contributed by atoms with E-state index >= 15 is 0 Å². The van der Waals surface area contributed by atoms with Crippen molar-refractivity contribution in [3.63, 3.8) is 0 Å². The van der Waals surface area contributed by atoms with Crippen LogP contribution in [0.25, 0.3) is 11.3 Å². The molecule has 0 aliphatic carbocycles. The number of aromatic nitrogens is 2. The van der Waals surface area contributed by atoms with Crippen LogP contribution in [0, 0.1) is 0 Å². The van der Waals surface area contributed by atoms with E-state index in [-0.39, 0.29) is 0 Å². The van der Waals surface area contributed by atoms with E-state index in [1.54, 1.807) is 12.4 Å². The summed E-state index contributed by atoms with van der Waals surface area (Å²) in [5.74, 6) is 1.34. The molecule has 0 saturated carbocycles. The van der Waals surface area contributed by atoms with E-state index in [9.17, 15) is 0 Å². The van der Waals surface area contributed by atoms with Gasteiger partial charge in [-0.15, -0.1) is 0 Å². The average molecular weight is 227 g/mol. The summed E-state index contributed by atoms with van der Waals surface area (Å²) < 4.78 is 0. The minimum atomic E-state index is 0.557. The molecule has 2 aromatic rings. The van der Waals surface area contributed by atoms with Gasteiger partial charge in [-0.25, -0.2) is 4.98 Å². The van der Waals surface area contributed by atoms with Crippen molar-refractivity contribution in [2.45, 2.75) is 19.8 Å². The molecule has 3 nitrogen and oxygen atoms in total. The smallest absolute Gasteiger partial charge is 0.144 e. The van der Waals surface area contributed by atoms with Crippen LogP contribution in [-0.2, 0) is 0 Å². The molecule has 3 heteroatoms. The monoisotopic (exact) mass is 227 g/mol. The Morgan fingerprint density at radius 1 is 1.00 bits per heavy atom. The molecule has 0 radical (unpaired) electrons. The van der Waals surface area contributed by atoms with Gasteiger partial charge >= 0.3 is 0 Å². The lowest BCUT2D eigenvalue weighted by Gasteiger charge is -2.06. The molecule has 1 aromatic carbocycles. The van der Waals surface area contributed by atoms with Crippen molar-refractivity contribution in [1.29, 1.82) is 0 Å². The first-order valence-corrected chi connectivity index (χ1v) is 5.81. The number of nitrogens with zero attached hydrogens (tertiary/aromatic N) is 2. The second-order valence-corrected chi connectivity index (χ2v) is 4.31. The highest BCUT2D eigenvalue weighted by atomic mass is 15.0. The Hall–Kier alpha value is -1.90. The van der Waals surface area contributed by atoms with Crippen LogP contribution in [0.15, 0.2) is 36.7 Å². The fourth-order valence-electron chi connectivity index (χ4n) is 1.64. The number of benzene rings is 1. The number of nitrogens with one attached hydrogen (secondary N) is 1. The Morgan fingerprint density at radius 3 is 2.18 bits per heavy atom. The summed E-state index contributed by atoms with van der Waals surface area (Å²) in [6, 6.07) is 8.48. The second-order valence-electron chi connectivity index (χ2n) is 4.31. The highest BCUT2D eigenvalue weighted by Gasteiger charge is 2.02. The van der Waals surface area contributed by atoms with Crippen molar-refractivity contribution in [3.05, 3.63) is 42.2 Å². The second kappa shape index (κ2) is 4.95. The number of rotatable bonds is 3. The highest BCUT2D eigenvalue weighted by molar-refractivity contribution is 5.59. The summed E-state index contributed by atoms with van der Waals surface area (Å²) in [7, 11) is 1.83. The zero-order valence-corrected chi connectivity index (χ0v) is 10.4. The van der Waals surface area contributed by atoms with Crippen LogP contribution >= 0.6 is 0 Å². The first kappa shape index (κ1) is 11.6. The zero-order valence-electron chi connectivity index (χ0n) is 10.4. The Bertz CT molecular complexity index is 472. The predicted molar refractivity (Wildman–Crippen MR) is 71.1 cm³/mol. The summed E-state index contributed by atoms with van der Waals surface area (Å²) in [6.45, 7) is 4.38. The Kier molecular flexibility index (Phi) is 3.38. The van der Waals surface area contributed by atoms with Crippen LogP contribution in [0.4, 0.5) is 5.82 Å². The van der Waals surface area contributed by atoms with Gasteiger partial charge in [0.25, 0.3) is 0 Å². The summed E-state index contributed by atoms with van der Waals surface area (Å²) in [6.07, 6.45) is 3.53. The SMILES string of the molecule is CNc1cnc(-c2ccc(C(C)C)cc2)cn1. The lowest BCUT2D eigenvalue weighted by Crippen LogP contribution is -1.94. The van der Waals surface area contributed by atoms with E-state index < -0.39 is 0 Å². The van der Waals surface area contributed by atoms with E-state index in [1.807, 2.05) is 7.05 Å². The summed E-state index contributed by atoms with van der Waals surface area (Å²) in [5.41, 5.74) is 3.34. The molecular weight excluding hydrogens is 210 g/mol. The van der Waals surface area contributed by atoms with Gasteiger partial charge in [-0.2, -0.15) is 0 Å². The average Bonchev–Trinajstić information content (AvgIpc) is 2.39. The van der Waals surface area contributed by atoms with Gasteiger partial charge in [0, 0.05) is 12.6 Å². The molecule has 1 heterocycles. The van der Waals surface area contributed by atoms with Crippen LogP contribution < -0.4 is 5.32 Å². The third-order valence-corrected chi connectivity index (χ3v) is 2.78. The van der Waals surface area contributed by atoms with E-state index in [1.165, 1.54) is 5.56 Å². The predicted octanol–water partition coefficient (Wildman–Crippen LogP) is 3.31. The van der Waals surface area contributed by atoms with Gasteiger partial charge in [0.1, 0.15) is 5.82 Å².